The number of fused-ring (bicyclic) bond motifs is 1. The van der Waals surface area contributed by atoms with Crippen molar-refractivity contribution in [2.24, 2.45) is 0 Å². The first-order chi connectivity index (χ1) is 14.7. The number of benzene rings is 1. The SMILES string of the molecule is COc1ccc(N(C(=O)CCC(=O)c2ccc3c(c2)OCCO3)S(C)(=O)=O)c(OC)n1. The molecule has 0 aliphatic carbocycles. The number of ketones is 1. The summed E-state index contributed by atoms with van der Waals surface area (Å²) >= 11 is 0. The molecule has 0 saturated carbocycles. The fraction of sp³-hybridized carbons (Fsp3) is 0.350. The van der Waals surface area contributed by atoms with Crippen molar-refractivity contribution in [2.45, 2.75) is 12.8 Å². The van der Waals surface area contributed by atoms with Gasteiger partial charge in [-0.1, -0.05) is 0 Å². The summed E-state index contributed by atoms with van der Waals surface area (Å²) in [7, 11) is -1.33. The lowest BCUT2D eigenvalue weighted by atomic mass is 10.1. The Hall–Kier alpha value is -3.34. The minimum absolute atomic E-state index is 0.0671. The fourth-order valence-electron chi connectivity index (χ4n) is 3.02. The maximum Gasteiger partial charge on any atom is 0.242 e. The van der Waals surface area contributed by atoms with Gasteiger partial charge in [-0.25, -0.2) is 12.7 Å². The van der Waals surface area contributed by atoms with Gasteiger partial charge < -0.3 is 18.9 Å². The van der Waals surface area contributed by atoms with Crippen LogP contribution in [0, 0.1) is 0 Å². The van der Waals surface area contributed by atoms with Crippen molar-refractivity contribution in [3.8, 4) is 23.3 Å². The van der Waals surface area contributed by atoms with Crippen LogP contribution in [0.15, 0.2) is 30.3 Å². The average Bonchev–Trinajstić information content (AvgIpc) is 2.76. The third kappa shape index (κ3) is 5.05. The van der Waals surface area contributed by atoms with Crippen molar-refractivity contribution >= 4 is 27.4 Å². The van der Waals surface area contributed by atoms with Gasteiger partial charge in [0, 0.05) is 24.5 Å². The zero-order valence-electron chi connectivity index (χ0n) is 17.3. The molecule has 11 heteroatoms. The zero-order valence-corrected chi connectivity index (χ0v) is 18.1. The minimum atomic E-state index is -4.02. The number of Topliss-reactive ketones (excluding diaryl/α,β-unsaturated/α-hetero) is 1. The number of amides is 1. The van der Waals surface area contributed by atoms with Crippen molar-refractivity contribution in [3.05, 3.63) is 35.9 Å². The Bertz CT molecular complexity index is 1100. The Morgan fingerprint density at radius 1 is 1.03 bits per heavy atom. The molecule has 0 spiro atoms. The molecule has 0 saturated heterocycles. The van der Waals surface area contributed by atoms with E-state index in [-0.39, 0.29) is 36.1 Å². The second kappa shape index (κ2) is 9.21. The lowest BCUT2D eigenvalue weighted by Crippen LogP contribution is -2.36. The average molecular weight is 450 g/mol. The second-order valence-electron chi connectivity index (χ2n) is 6.58. The second-order valence-corrected chi connectivity index (χ2v) is 8.42. The highest BCUT2D eigenvalue weighted by Gasteiger charge is 2.29. The van der Waals surface area contributed by atoms with Crippen LogP contribution < -0.4 is 23.3 Å². The summed E-state index contributed by atoms with van der Waals surface area (Å²) in [6.45, 7) is 0.810. The summed E-state index contributed by atoms with van der Waals surface area (Å²) in [6, 6.07) is 7.51. The first kappa shape index (κ1) is 22.3. The van der Waals surface area contributed by atoms with E-state index in [0.29, 0.717) is 34.6 Å². The number of hydrogen-bond acceptors (Lipinski definition) is 9. The normalized spacial score (nSPS) is 12.7. The quantitative estimate of drug-likeness (QED) is 0.554. The first-order valence-corrected chi connectivity index (χ1v) is 11.1. The minimum Gasteiger partial charge on any atom is -0.486 e. The summed E-state index contributed by atoms with van der Waals surface area (Å²) in [4.78, 5) is 29.4. The van der Waals surface area contributed by atoms with Crippen LogP contribution in [0.25, 0.3) is 0 Å². The number of anilines is 1. The summed E-state index contributed by atoms with van der Waals surface area (Å²) in [6.07, 6.45) is 0.350. The van der Waals surface area contributed by atoms with Gasteiger partial charge in [-0.2, -0.15) is 4.98 Å². The van der Waals surface area contributed by atoms with Crippen LogP contribution in [0.4, 0.5) is 5.69 Å². The maximum absolute atomic E-state index is 12.8. The monoisotopic (exact) mass is 450 g/mol. The van der Waals surface area contributed by atoms with Crippen molar-refractivity contribution < 1.29 is 37.0 Å². The van der Waals surface area contributed by atoms with Gasteiger partial charge in [0.05, 0.1) is 20.5 Å². The molecule has 1 aliphatic heterocycles. The number of pyridine rings is 1. The molecule has 0 N–H and O–H groups in total. The molecule has 10 nitrogen and oxygen atoms in total. The summed E-state index contributed by atoms with van der Waals surface area (Å²) < 4.78 is 46.3. The Morgan fingerprint density at radius 3 is 2.39 bits per heavy atom. The smallest absolute Gasteiger partial charge is 0.242 e. The molecular formula is C20H22N2O8S. The molecule has 3 rings (SSSR count). The van der Waals surface area contributed by atoms with Gasteiger partial charge in [0.1, 0.15) is 18.9 Å². The van der Waals surface area contributed by atoms with E-state index in [9.17, 15) is 18.0 Å². The lowest BCUT2D eigenvalue weighted by molar-refractivity contribution is -0.117. The highest BCUT2D eigenvalue weighted by Crippen LogP contribution is 2.32. The molecule has 2 aromatic rings. The van der Waals surface area contributed by atoms with Gasteiger partial charge >= 0.3 is 0 Å². The number of sulfonamides is 1. The molecular weight excluding hydrogens is 428 g/mol. The van der Waals surface area contributed by atoms with E-state index in [1.807, 2.05) is 0 Å². The van der Waals surface area contributed by atoms with Gasteiger partial charge in [0.15, 0.2) is 17.3 Å². The Labute approximate surface area is 179 Å². The third-order valence-corrected chi connectivity index (χ3v) is 5.49. The van der Waals surface area contributed by atoms with E-state index in [2.05, 4.69) is 4.98 Å². The molecule has 0 atom stereocenters. The summed E-state index contributed by atoms with van der Waals surface area (Å²) in [5, 5.41) is 0. The fourth-order valence-corrected chi connectivity index (χ4v) is 3.97. The Morgan fingerprint density at radius 2 is 1.74 bits per heavy atom. The van der Waals surface area contributed by atoms with E-state index in [0.717, 1.165) is 6.26 Å². The van der Waals surface area contributed by atoms with Gasteiger partial charge in [-0.05, 0) is 24.3 Å². The zero-order chi connectivity index (χ0) is 22.6. The van der Waals surface area contributed by atoms with Gasteiger partial charge in [0.2, 0.25) is 27.7 Å². The number of carbonyl (C=O) groups is 2. The highest BCUT2D eigenvalue weighted by molar-refractivity contribution is 7.92. The molecule has 0 bridgehead atoms. The van der Waals surface area contributed by atoms with Crippen molar-refractivity contribution in [2.75, 3.05) is 38.0 Å². The van der Waals surface area contributed by atoms with Crippen LogP contribution in [-0.2, 0) is 14.8 Å². The van der Waals surface area contributed by atoms with E-state index < -0.39 is 15.9 Å². The van der Waals surface area contributed by atoms with Crippen molar-refractivity contribution in [1.29, 1.82) is 0 Å². The van der Waals surface area contributed by atoms with Crippen LogP contribution in [-0.4, -0.2) is 58.8 Å². The van der Waals surface area contributed by atoms with Gasteiger partial charge in [-0.3, -0.25) is 9.59 Å². The van der Waals surface area contributed by atoms with Crippen LogP contribution in [0.2, 0.25) is 0 Å². The number of carbonyl (C=O) groups excluding carboxylic acids is 2. The molecule has 2 heterocycles. The van der Waals surface area contributed by atoms with E-state index in [4.69, 9.17) is 18.9 Å². The third-order valence-electron chi connectivity index (χ3n) is 4.42. The molecule has 1 aliphatic rings. The number of hydrogen-bond donors (Lipinski definition) is 0. The van der Waals surface area contributed by atoms with Gasteiger partial charge in [-0.15, -0.1) is 0 Å². The van der Waals surface area contributed by atoms with Crippen LogP contribution in [0.1, 0.15) is 23.2 Å². The molecule has 0 unspecified atom stereocenters. The first-order valence-electron chi connectivity index (χ1n) is 9.29. The molecule has 0 radical (unpaired) electrons. The molecule has 1 aromatic carbocycles. The van der Waals surface area contributed by atoms with Crippen LogP contribution in [0.5, 0.6) is 23.3 Å². The standard InChI is InChI=1S/C20H22N2O8S/c1-27-18-8-5-14(20(21-18)28-2)22(31(3,25)26)19(24)9-6-15(23)13-4-7-16-17(12-13)30-11-10-29-16/h4-5,7-8,12H,6,9-11H2,1-3H3. The van der Waals surface area contributed by atoms with E-state index in [1.165, 1.54) is 26.4 Å². The highest BCUT2D eigenvalue weighted by atomic mass is 32.2. The molecule has 166 valence electrons. The number of ether oxygens (including phenoxy) is 4. The molecule has 31 heavy (non-hydrogen) atoms. The Balaban J connectivity index is 1.79. The van der Waals surface area contributed by atoms with E-state index in [1.54, 1.807) is 18.2 Å². The predicted molar refractivity (Wildman–Crippen MR) is 111 cm³/mol. The van der Waals surface area contributed by atoms with Crippen molar-refractivity contribution in [3.63, 3.8) is 0 Å². The number of methoxy groups -OCH3 is 2. The largest absolute Gasteiger partial charge is 0.486 e. The van der Waals surface area contributed by atoms with E-state index >= 15 is 0 Å². The van der Waals surface area contributed by atoms with Crippen LogP contribution in [0.3, 0.4) is 0 Å². The number of nitrogens with zero attached hydrogens (tertiary/aromatic N) is 2. The molecule has 0 fully saturated rings. The number of rotatable bonds is 8. The summed E-state index contributed by atoms with van der Waals surface area (Å²) in [5.41, 5.74) is 0.272. The maximum atomic E-state index is 12.8. The van der Waals surface area contributed by atoms with Crippen LogP contribution >= 0.6 is 0 Å². The van der Waals surface area contributed by atoms with Gasteiger partial charge in [0.25, 0.3) is 0 Å². The van der Waals surface area contributed by atoms with Crippen molar-refractivity contribution in [1.82, 2.24) is 4.98 Å². The molecule has 1 aromatic heterocycles. The lowest BCUT2D eigenvalue weighted by Gasteiger charge is -2.22. The Kier molecular flexibility index (Phi) is 6.64. The molecule has 1 amide bonds. The summed E-state index contributed by atoms with van der Waals surface area (Å²) in [5.74, 6) is -0.0414. The number of aromatic nitrogens is 1. The predicted octanol–water partition coefficient (Wildman–Crippen LogP) is 1.83. The topological polar surface area (TPSA) is 121 Å².